The number of anilines is 3. The molecule has 0 N–H and O–H groups in total. The predicted molar refractivity (Wildman–Crippen MR) is 329 cm³/mol. The van der Waals surface area contributed by atoms with Crippen LogP contribution in [0.15, 0.2) is 309 Å². The molecule has 13 aromatic rings. The van der Waals surface area contributed by atoms with Crippen molar-refractivity contribution >= 4 is 27.8 Å². The lowest BCUT2D eigenvalue weighted by atomic mass is 9.60. The average molecular weight is 1000 g/mol. The Hall–Kier alpha value is -10.1. The van der Waals surface area contributed by atoms with Crippen LogP contribution in [0.3, 0.4) is 0 Å². The predicted octanol–water partition coefficient (Wildman–Crippen LogP) is 20.0. The van der Waals surface area contributed by atoms with Crippen LogP contribution in [-0.2, 0) is 10.8 Å². The lowest BCUT2D eigenvalue weighted by molar-refractivity contribution is 0.767. The summed E-state index contributed by atoms with van der Waals surface area (Å²) in [5.74, 6) is 0. The highest BCUT2D eigenvalue weighted by molar-refractivity contribution is 6.10. The first-order valence-corrected chi connectivity index (χ1v) is 27.6. The fraction of sp³-hybridized carbons (Fsp3) is 0.0256. The summed E-state index contributed by atoms with van der Waals surface area (Å²) in [7, 11) is 0. The van der Waals surface area contributed by atoms with E-state index in [1.54, 1.807) is 0 Å². The van der Waals surface area contributed by atoms with Crippen LogP contribution in [0.1, 0.15) is 44.5 Å². The van der Waals surface area contributed by atoms with Crippen LogP contribution in [0, 0.1) is 0 Å². The minimum absolute atomic E-state index is 0.654. The highest BCUT2D eigenvalue weighted by Crippen LogP contribution is 2.65. The molecular weight excluding hydrogens is 951 g/mol. The summed E-state index contributed by atoms with van der Waals surface area (Å²) in [6, 6.07) is 116. The number of rotatable bonds is 8. The Morgan fingerprint density at radius 3 is 1.25 bits per heavy atom. The molecule has 13 aromatic carbocycles. The smallest absolute Gasteiger partial charge is 0.0734 e. The van der Waals surface area contributed by atoms with Gasteiger partial charge in [-0.25, -0.2) is 0 Å². The summed E-state index contributed by atoms with van der Waals surface area (Å²) in [4.78, 5) is 2.58. The third-order valence-corrected chi connectivity index (χ3v) is 17.6. The Kier molecular flexibility index (Phi) is 10.1. The van der Waals surface area contributed by atoms with Gasteiger partial charge in [0.1, 0.15) is 0 Å². The van der Waals surface area contributed by atoms with Gasteiger partial charge in [0.15, 0.2) is 0 Å². The molecule has 16 rings (SSSR count). The van der Waals surface area contributed by atoms with Gasteiger partial charge in [-0.3, -0.25) is 0 Å². The van der Waals surface area contributed by atoms with E-state index in [4.69, 9.17) is 0 Å². The second-order valence-electron chi connectivity index (χ2n) is 21.4. The number of benzene rings is 13. The van der Waals surface area contributed by atoms with Gasteiger partial charge in [-0.05, 0) is 147 Å². The molecule has 0 bridgehead atoms. The summed E-state index contributed by atoms with van der Waals surface area (Å²) in [6.07, 6.45) is 0. The van der Waals surface area contributed by atoms with Crippen LogP contribution in [0.25, 0.3) is 77.5 Å². The Bertz CT molecular complexity index is 4480. The monoisotopic (exact) mass is 1000 g/mol. The first-order valence-electron chi connectivity index (χ1n) is 27.6. The molecule has 1 nitrogen and oxygen atoms in total. The van der Waals surface area contributed by atoms with E-state index < -0.39 is 10.8 Å². The molecule has 79 heavy (non-hydrogen) atoms. The molecule has 1 spiro atoms. The van der Waals surface area contributed by atoms with Gasteiger partial charge >= 0.3 is 0 Å². The molecule has 0 aliphatic heterocycles. The number of hydrogen-bond donors (Lipinski definition) is 0. The normalized spacial score (nSPS) is 14.7. The Balaban J connectivity index is 1.01. The fourth-order valence-electron chi connectivity index (χ4n) is 14.5. The van der Waals surface area contributed by atoms with Gasteiger partial charge in [0.2, 0.25) is 0 Å². The van der Waals surface area contributed by atoms with E-state index in [-0.39, 0.29) is 0 Å². The second-order valence-corrected chi connectivity index (χ2v) is 21.4. The van der Waals surface area contributed by atoms with Crippen molar-refractivity contribution in [1.29, 1.82) is 0 Å². The molecule has 1 atom stereocenters. The molecule has 0 saturated heterocycles. The van der Waals surface area contributed by atoms with E-state index in [0.717, 1.165) is 17.1 Å². The summed E-state index contributed by atoms with van der Waals surface area (Å²) in [6.45, 7) is 0. The van der Waals surface area contributed by atoms with Crippen LogP contribution < -0.4 is 4.90 Å². The van der Waals surface area contributed by atoms with Crippen LogP contribution in [0.5, 0.6) is 0 Å². The Morgan fingerprint density at radius 1 is 0.228 bits per heavy atom. The largest absolute Gasteiger partial charge is 0.310 e. The van der Waals surface area contributed by atoms with E-state index in [1.807, 2.05) is 0 Å². The van der Waals surface area contributed by atoms with Crippen LogP contribution >= 0.6 is 0 Å². The molecule has 3 aliphatic rings. The molecule has 0 radical (unpaired) electrons. The van der Waals surface area contributed by atoms with E-state index in [9.17, 15) is 0 Å². The van der Waals surface area contributed by atoms with E-state index >= 15 is 0 Å². The molecule has 1 unspecified atom stereocenters. The highest BCUT2D eigenvalue weighted by Gasteiger charge is 2.52. The van der Waals surface area contributed by atoms with Crippen molar-refractivity contribution in [2.45, 2.75) is 10.8 Å². The van der Waals surface area contributed by atoms with Crippen molar-refractivity contribution in [1.82, 2.24) is 0 Å². The topological polar surface area (TPSA) is 3.24 Å². The quantitative estimate of drug-likeness (QED) is 0.147. The Morgan fingerprint density at radius 2 is 0.646 bits per heavy atom. The van der Waals surface area contributed by atoms with Crippen molar-refractivity contribution in [2.24, 2.45) is 0 Å². The highest BCUT2D eigenvalue weighted by atomic mass is 15.1. The zero-order chi connectivity index (χ0) is 52.1. The average Bonchev–Trinajstić information content (AvgIpc) is 3.66. The molecule has 0 amide bonds. The van der Waals surface area contributed by atoms with Gasteiger partial charge in [-0.15, -0.1) is 0 Å². The van der Waals surface area contributed by atoms with E-state index in [0.29, 0.717) is 0 Å². The molecule has 0 saturated carbocycles. The van der Waals surface area contributed by atoms with Gasteiger partial charge in [0, 0.05) is 16.9 Å². The van der Waals surface area contributed by atoms with E-state index in [2.05, 4.69) is 314 Å². The van der Waals surface area contributed by atoms with Crippen LogP contribution in [0.2, 0.25) is 0 Å². The maximum absolute atomic E-state index is 2.58. The minimum atomic E-state index is -0.680. The van der Waals surface area contributed by atoms with Gasteiger partial charge < -0.3 is 4.90 Å². The number of nitrogens with zero attached hydrogens (tertiary/aromatic N) is 1. The van der Waals surface area contributed by atoms with Crippen molar-refractivity contribution in [3.63, 3.8) is 0 Å². The van der Waals surface area contributed by atoms with Crippen LogP contribution in [0.4, 0.5) is 17.1 Å². The molecule has 3 aliphatic carbocycles. The molecular formula is C78H51N. The van der Waals surface area contributed by atoms with Crippen molar-refractivity contribution < 1.29 is 0 Å². The fourth-order valence-corrected chi connectivity index (χ4v) is 14.5. The molecule has 1 heteroatoms. The number of hydrogen-bond acceptors (Lipinski definition) is 1. The lowest BCUT2D eigenvalue weighted by Crippen LogP contribution is -2.33. The summed E-state index contributed by atoms with van der Waals surface area (Å²) in [5.41, 5.74) is 27.0. The zero-order valence-electron chi connectivity index (χ0n) is 43.4. The van der Waals surface area contributed by atoms with E-state index in [1.165, 1.54) is 122 Å². The maximum atomic E-state index is 2.58. The van der Waals surface area contributed by atoms with Crippen LogP contribution in [-0.4, -0.2) is 0 Å². The summed E-state index contributed by atoms with van der Waals surface area (Å²) < 4.78 is 0. The molecule has 368 valence electrons. The summed E-state index contributed by atoms with van der Waals surface area (Å²) in [5, 5.41) is 2.56. The van der Waals surface area contributed by atoms with Crippen molar-refractivity contribution in [2.75, 3.05) is 4.90 Å². The summed E-state index contributed by atoms with van der Waals surface area (Å²) >= 11 is 0. The SMILES string of the molecule is c1ccc(-c2ccccc2-c2ccc(N(c3ccc4c(c3)C3(c5ccccc5-4)c4ccccc4-c4cccc5ccc(-c6ccccc6)c3c45)c3cccc4c3C(c3ccccc3)(c3ccccc3)c3ccccc3-4)cc2)cc1. The first kappa shape index (κ1) is 45.1. The number of fused-ring (bicyclic) bond motifs is 12. The maximum Gasteiger partial charge on any atom is 0.0734 e. The van der Waals surface area contributed by atoms with Gasteiger partial charge in [-0.1, -0.05) is 279 Å². The standard InChI is InChI=1S/C78H51N/c1-5-23-52(24-6-1)60-32-13-14-33-61(60)54-43-46-58(47-44-54)79(73-42-22-38-68-65-36-17-18-39-69(65)77(75(68)73,56-28-9-3-10-29-56)57-30-11-4-12-31-57)59-48-50-66-63-34-15-19-40-70(63)78(72(66)51-59)71-41-20-16-35-64(71)67-37-21-27-55-45-49-62(76(78)74(55)67)53-25-7-2-8-26-53/h1-51H. The van der Waals surface area contributed by atoms with Gasteiger partial charge in [0.25, 0.3) is 0 Å². The third-order valence-electron chi connectivity index (χ3n) is 17.6. The minimum Gasteiger partial charge on any atom is -0.310 e. The van der Waals surface area contributed by atoms with Crippen molar-refractivity contribution in [3.05, 3.63) is 354 Å². The zero-order valence-corrected chi connectivity index (χ0v) is 43.4. The third kappa shape index (κ3) is 6.45. The second kappa shape index (κ2) is 17.7. The van der Waals surface area contributed by atoms with Gasteiger partial charge in [0.05, 0.1) is 16.5 Å². The lowest BCUT2D eigenvalue weighted by Gasteiger charge is -2.42. The first-order chi connectivity index (χ1) is 39.2. The molecule has 0 fully saturated rings. The Labute approximate surface area is 461 Å². The van der Waals surface area contributed by atoms with Gasteiger partial charge in [-0.2, -0.15) is 0 Å². The molecule has 0 aromatic heterocycles. The van der Waals surface area contributed by atoms with Crippen molar-refractivity contribution in [3.8, 4) is 66.8 Å². The molecule has 0 heterocycles.